The zero-order valence-corrected chi connectivity index (χ0v) is 21.8. The maximum atomic E-state index is 13.6. The predicted molar refractivity (Wildman–Crippen MR) is 144 cm³/mol. The van der Waals surface area contributed by atoms with E-state index >= 15 is 0 Å². The Balaban J connectivity index is 1.88. The third-order valence-electron chi connectivity index (χ3n) is 6.02. The average molecular weight is 511 g/mol. The molecule has 0 aliphatic heterocycles. The van der Waals surface area contributed by atoms with Crippen LogP contribution in [0.1, 0.15) is 42.5 Å². The first-order chi connectivity index (χ1) is 16.9. The van der Waals surface area contributed by atoms with Gasteiger partial charge in [0.25, 0.3) is 0 Å². The van der Waals surface area contributed by atoms with Crippen molar-refractivity contribution in [1.82, 2.24) is 10.2 Å². The van der Waals surface area contributed by atoms with Gasteiger partial charge in [0.2, 0.25) is 11.8 Å². The normalized spacial score (nSPS) is 11.7. The zero-order chi connectivity index (χ0) is 25.2. The minimum Gasteiger partial charge on any atom is -0.355 e. The number of aryl methyl sites for hydroxylation is 2. The first kappa shape index (κ1) is 26.8. The van der Waals surface area contributed by atoms with Gasteiger partial charge in [-0.15, -0.1) is 0 Å². The van der Waals surface area contributed by atoms with Gasteiger partial charge in [-0.1, -0.05) is 90.8 Å². The molecule has 0 saturated heterocycles. The summed E-state index contributed by atoms with van der Waals surface area (Å²) in [6, 6.07) is 22.8. The van der Waals surface area contributed by atoms with Crippen LogP contribution in [0.25, 0.3) is 0 Å². The number of amides is 2. The molecule has 3 rings (SSSR count). The Morgan fingerprint density at radius 3 is 2.11 bits per heavy atom. The van der Waals surface area contributed by atoms with E-state index in [2.05, 4.69) is 36.5 Å². The van der Waals surface area contributed by atoms with Crippen LogP contribution in [0.2, 0.25) is 10.0 Å². The summed E-state index contributed by atoms with van der Waals surface area (Å²) < 4.78 is 0. The zero-order valence-electron chi connectivity index (χ0n) is 20.3. The van der Waals surface area contributed by atoms with E-state index in [1.165, 1.54) is 5.56 Å². The minimum absolute atomic E-state index is 0.0807. The molecule has 3 aromatic carbocycles. The van der Waals surface area contributed by atoms with E-state index in [9.17, 15) is 9.59 Å². The van der Waals surface area contributed by atoms with Crippen LogP contribution in [0.15, 0.2) is 72.8 Å². The van der Waals surface area contributed by atoms with Crippen molar-refractivity contribution in [1.29, 1.82) is 0 Å². The minimum atomic E-state index is -0.651. The van der Waals surface area contributed by atoms with E-state index in [0.717, 1.165) is 23.1 Å². The molecule has 0 aliphatic carbocycles. The fourth-order valence-electron chi connectivity index (χ4n) is 4.02. The molecule has 0 fully saturated rings. The summed E-state index contributed by atoms with van der Waals surface area (Å²) in [7, 11) is 0. The van der Waals surface area contributed by atoms with Crippen molar-refractivity contribution in [3.05, 3.63) is 105 Å². The summed E-state index contributed by atoms with van der Waals surface area (Å²) in [6.07, 6.45) is 2.31. The number of benzene rings is 3. The van der Waals surface area contributed by atoms with Gasteiger partial charge in [0.15, 0.2) is 0 Å². The molecular weight excluding hydrogens is 479 g/mol. The molecule has 0 spiro atoms. The van der Waals surface area contributed by atoms with Crippen molar-refractivity contribution in [2.24, 2.45) is 0 Å². The molecule has 184 valence electrons. The molecule has 6 heteroatoms. The Morgan fingerprint density at radius 1 is 0.829 bits per heavy atom. The molecular formula is C29H32Cl2N2O2. The smallest absolute Gasteiger partial charge is 0.243 e. The Morgan fingerprint density at radius 2 is 1.49 bits per heavy atom. The van der Waals surface area contributed by atoms with Gasteiger partial charge in [-0.25, -0.2) is 0 Å². The SMILES string of the molecule is CCNC(=O)[C@H](Cc1ccccc1)N(Cc1ccc(Cl)c(Cl)c1)C(=O)CCc1ccc(CC)cc1. The van der Waals surface area contributed by atoms with Gasteiger partial charge in [0, 0.05) is 25.9 Å². The predicted octanol–water partition coefficient (Wildman–Crippen LogP) is 6.26. The standard InChI is InChI=1S/C29H32Cl2N2O2/c1-3-21-10-12-22(13-11-21)15-17-28(34)33(20-24-14-16-25(30)26(31)18-24)27(29(35)32-4-2)19-23-8-6-5-7-9-23/h5-14,16,18,27H,3-4,15,17,19-20H2,1-2H3,(H,32,35)/t27-/m0/s1. The van der Waals surface area contributed by atoms with Crippen LogP contribution in [-0.2, 0) is 35.4 Å². The molecule has 1 N–H and O–H groups in total. The van der Waals surface area contributed by atoms with Gasteiger partial charge in [-0.2, -0.15) is 0 Å². The van der Waals surface area contributed by atoms with Crippen molar-refractivity contribution < 1.29 is 9.59 Å². The highest BCUT2D eigenvalue weighted by Crippen LogP contribution is 2.25. The Kier molecular flexibility index (Phi) is 10.2. The molecule has 4 nitrogen and oxygen atoms in total. The first-order valence-electron chi connectivity index (χ1n) is 12.0. The fraction of sp³-hybridized carbons (Fsp3) is 0.310. The summed E-state index contributed by atoms with van der Waals surface area (Å²) in [6.45, 7) is 4.75. The quantitative estimate of drug-likeness (QED) is 0.330. The number of carbonyl (C=O) groups excluding carboxylic acids is 2. The molecule has 2 amide bonds. The summed E-state index contributed by atoms with van der Waals surface area (Å²) in [4.78, 5) is 28.5. The molecule has 1 atom stereocenters. The highest BCUT2D eigenvalue weighted by atomic mass is 35.5. The van der Waals surface area contributed by atoms with Gasteiger partial charge in [0.05, 0.1) is 10.0 Å². The number of carbonyl (C=O) groups is 2. The molecule has 0 unspecified atom stereocenters. The van der Waals surface area contributed by atoms with Gasteiger partial charge in [0.1, 0.15) is 6.04 Å². The van der Waals surface area contributed by atoms with Crippen LogP contribution in [0, 0.1) is 0 Å². The van der Waals surface area contributed by atoms with Gasteiger partial charge >= 0.3 is 0 Å². The molecule has 3 aromatic rings. The molecule has 0 radical (unpaired) electrons. The third kappa shape index (κ3) is 7.84. The third-order valence-corrected chi connectivity index (χ3v) is 6.76. The van der Waals surface area contributed by atoms with E-state index in [4.69, 9.17) is 23.2 Å². The molecule has 0 heterocycles. The Bertz CT molecular complexity index is 1120. The van der Waals surface area contributed by atoms with Crippen molar-refractivity contribution in [3.63, 3.8) is 0 Å². The Hall–Kier alpha value is -2.82. The van der Waals surface area contributed by atoms with Crippen molar-refractivity contribution in [2.75, 3.05) is 6.54 Å². The Labute approximate surface area is 218 Å². The first-order valence-corrected chi connectivity index (χ1v) is 12.8. The lowest BCUT2D eigenvalue weighted by atomic mass is 10.0. The summed E-state index contributed by atoms with van der Waals surface area (Å²) >= 11 is 12.4. The monoisotopic (exact) mass is 510 g/mol. The van der Waals surface area contributed by atoms with E-state index in [0.29, 0.717) is 35.9 Å². The number of halogens is 2. The van der Waals surface area contributed by atoms with Crippen molar-refractivity contribution in [3.8, 4) is 0 Å². The van der Waals surface area contributed by atoms with Gasteiger partial charge in [-0.05, 0) is 54.2 Å². The highest BCUT2D eigenvalue weighted by molar-refractivity contribution is 6.42. The van der Waals surface area contributed by atoms with Crippen LogP contribution in [0.5, 0.6) is 0 Å². The average Bonchev–Trinajstić information content (AvgIpc) is 2.87. The van der Waals surface area contributed by atoms with Crippen molar-refractivity contribution in [2.45, 2.75) is 52.1 Å². The van der Waals surface area contributed by atoms with Crippen LogP contribution in [0.3, 0.4) is 0 Å². The van der Waals surface area contributed by atoms with Crippen LogP contribution in [0.4, 0.5) is 0 Å². The summed E-state index contributed by atoms with van der Waals surface area (Å²) in [5.74, 6) is -0.250. The van der Waals surface area contributed by atoms with E-state index in [1.54, 1.807) is 17.0 Å². The number of likely N-dealkylation sites (N-methyl/N-ethyl adjacent to an activating group) is 1. The van der Waals surface area contributed by atoms with Crippen LogP contribution in [-0.4, -0.2) is 29.3 Å². The van der Waals surface area contributed by atoms with Gasteiger partial charge < -0.3 is 10.2 Å². The maximum Gasteiger partial charge on any atom is 0.243 e. The van der Waals surface area contributed by atoms with E-state index in [-0.39, 0.29) is 18.4 Å². The van der Waals surface area contributed by atoms with Crippen LogP contribution < -0.4 is 5.32 Å². The lowest BCUT2D eigenvalue weighted by Gasteiger charge is -2.31. The fourth-order valence-corrected chi connectivity index (χ4v) is 4.34. The molecule has 0 bridgehead atoms. The molecule has 0 aliphatic rings. The number of rotatable bonds is 11. The molecule has 0 aromatic heterocycles. The number of hydrogen-bond donors (Lipinski definition) is 1. The molecule has 0 saturated carbocycles. The highest BCUT2D eigenvalue weighted by Gasteiger charge is 2.30. The second kappa shape index (κ2) is 13.3. The van der Waals surface area contributed by atoms with E-state index < -0.39 is 6.04 Å². The molecule has 35 heavy (non-hydrogen) atoms. The number of nitrogens with zero attached hydrogens (tertiary/aromatic N) is 1. The second-order valence-electron chi connectivity index (χ2n) is 8.54. The van der Waals surface area contributed by atoms with E-state index in [1.807, 2.05) is 43.3 Å². The van der Waals surface area contributed by atoms with Crippen LogP contribution >= 0.6 is 23.2 Å². The second-order valence-corrected chi connectivity index (χ2v) is 9.35. The van der Waals surface area contributed by atoms with Gasteiger partial charge in [-0.3, -0.25) is 9.59 Å². The number of hydrogen-bond acceptors (Lipinski definition) is 2. The summed E-state index contributed by atoms with van der Waals surface area (Å²) in [5.41, 5.74) is 4.18. The lowest BCUT2D eigenvalue weighted by Crippen LogP contribution is -2.50. The topological polar surface area (TPSA) is 49.4 Å². The maximum absolute atomic E-state index is 13.6. The van der Waals surface area contributed by atoms with Crippen molar-refractivity contribution >= 4 is 35.0 Å². The number of nitrogens with one attached hydrogen (secondary N) is 1. The lowest BCUT2D eigenvalue weighted by molar-refractivity contribution is -0.141. The summed E-state index contributed by atoms with van der Waals surface area (Å²) in [5, 5.41) is 3.79. The largest absolute Gasteiger partial charge is 0.355 e.